The lowest BCUT2D eigenvalue weighted by Crippen LogP contribution is -2.00. The van der Waals surface area contributed by atoms with E-state index in [1.54, 1.807) is 0 Å². The van der Waals surface area contributed by atoms with E-state index >= 15 is 0 Å². The van der Waals surface area contributed by atoms with Crippen LogP contribution in [0.3, 0.4) is 0 Å². The number of benzene rings is 1. The molecule has 3 N–H and O–H groups in total. The number of aromatic amines is 1. The van der Waals surface area contributed by atoms with E-state index in [1.165, 1.54) is 11.7 Å². The van der Waals surface area contributed by atoms with E-state index in [0.717, 1.165) is 27.8 Å². The van der Waals surface area contributed by atoms with Gasteiger partial charge in [-0.25, -0.2) is 9.97 Å². The van der Waals surface area contributed by atoms with Crippen molar-refractivity contribution in [3.05, 3.63) is 42.9 Å². The molecule has 0 fully saturated rings. The number of nitrogen functional groups attached to an aromatic ring is 1. The fourth-order valence-electron chi connectivity index (χ4n) is 2.92. The smallest absolute Gasteiger partial charge is 0.146 e. The topological polar surface area (TPSA) is 72.5 Å². The number of anilines is 1. The fourth-order valence-corrected chi connectivity index (χ4v) is 2.92. The molecule has 4 aromatic rings. The number of hydrogen-bond acceptors (Lipinski definition) is 3. The maximum absolute atomic E-state index is 6.12. The minimum absolute atomic E-state index is 0.301. The standard InChI is InChI=1S/C17H17N5/c1-10(2)22-8-12(15-16(18)19-9-20-17(15)22)14-7-11-5-3-4-6-13(11)21-14/h3-10,21H,1-2H3,(H2,18,19,20). The average Bonchev–Trinajstić information content (AvgIpc) is 3.08. The monoisotopic (exact) mass is 291 g/mol. The van der Waals surface area contributed by atoms with Gasteiger partial charge in [-0.3, -0.25) is 0 Å². The van der Waals surface area contributed by atoms with Crippen LogP contribution in [0.25, 0.3) is 33.2 Å². The van der Waals surface area contributed by atoms with Crippen LogP contribution in [0.2, 0.25) is 0 Å². The molecule has 110 valence electrons. The van der Waals surface area contributed by atoms with Gasteiger partial charge in [-0.1, -0.05) is 18.2 Å². The molecule has 0 bridgehead atoms. The van der Waals surface area contributed by atoms with E-state index in [9.17, 15) is 0 Å². The molecule has 3 aromatic heterocycles. The molecule has 0 aliphatic rings. The Kier molecular flexibility index (Phi) is 2.69. The van der Waals surface area contributed by atoms with Crippen molar-refractivity contribution in [3.63, 3.8) is 0 Å². The van der Waals surface area contributed by atoms with Gasteiger partial charge < -0.3 is 15.3 Å². The molecule has 4 rings (SSSR count). The third-order valence-electron chi connectivity index (χ3n) is 4.02. The Labute approximate surface area is 127 Å². The third kappa shape index (κ3) is 1.79. The number of rotatable bonds is 2. The second-order valence-corrected chi connectivity index (χ2v) is 5.77. The van der Waals surface area contributed by atoms with Crippen LogP contribution in [0.15, 0.2) is 42.9 Å². The van der Waals surface area contributed by atoms with Gasteiger partial charge in [0.2, 0.25) is 0 Å². The molecule has 0 saturated carbocycles. The average molecular weight is 291 g/mol. The highest BCUT2D eigenvalue weighted by Crippen LogP contribution is 2.34. The van der Waals surface area contributed by atoms with Gasteiger partial charge in [0.1, 0.15) is 17.8 Å². The quantitative estimate of drug-likeness (QED) is 0.591. The zero-order valence-corrected chi connectivity index (χ0v) is 12.5. The summed E-state index contributed by atoms with van der Waals surface area (Å²) in [5.41, 5.74) is 10.2. The zero-order chi connectivity index (χ0) is 15.3. The lowest BCUT2D eigenvalue weighted by atomic mass is 10.1. The van der Waals surface area contributed by atoms with Gasteiger partial charge in [0.15, 0.2) is 0 Å². The van der Waals surface area contributed by atoms with E-state index in [4.69, 9.17) is 5.73 Å². The van der Waals surface area contributed by atoms with E-state index < -0.39 is 0 Å². The number of hydrogen-bond donors (Lipinski definition) is 2. The summed E-state index contributed by atoms with van der Waals surface area (Å²) in [4.78, 5) is 12.0. The molecule has 1 aromatic carbocycles. The molecular weight excluding hydrogens is 274 g/mol. The SMILES string of the molecule is CC(C)n1cc(-c2cc3ccccc3[nH]2)c2c(N)ncnc21. The summed E-state index contributed by atoms with van der Waals surface area (Å²) in [6, 6.07) is 10.7. The third-order valence-corrected chi connectivity index (χ3v) is 4.02. The summed E-state index contributed by atoms with van der Waals surface area (Å²) >= 11 is 0. The molecule has 0 amide bonds. The predicted octanol–water partition coefficient (Wildman–Crippen LogP) is 3.74. The van der Waals surface area contributed by atoms with Crippen LogP contribution in [0.4, 0.5) is 5.82 Å². The summed E-state index contributed by atoms with van der Waals surface area (Å²) in [5.74, 6) is 0.512. The van der Waals surface area contributed by atoms with Crippen molar-refractivity contribution in [1.82, 2.24) is 19.5 Å². The molecule has 0 aliphatic heterocycles. The van der Waals surface area contributed by atoms with E-state index in [1.807, 2.05) is 12.1 Å². The van der Waals surface area contributed by atoms with Gasteiger partial charge in [-0.05, 0) is 26.0 Å². The van der Waals surface area contributed by atoms with Crippen molar-refractivity contribution in [1.29, 1.82) is 0 Å². The molecule has 0 spiro atoms. The molecule has 5 nitrogen and oxygen atoms in total. The normalized spacial score (nSPS) is 11.8. The van der Waals surface area contributed by atoms with Gasteiger partial charge in [-0.15, -0.1) is 0 Å². The van der Waals surface area contributed by atoms with Crippen LogP contribution in [0.1, 0.15) is 19.9 Å². The molecule has 5 heteroatoms. The molecule has 0 aliphatic carbocycles. The van der Waals surface area contributed by atoms with E-state index in [0.29, 0.717) is 11.9 Å². The van der Waals surface area contributed by atoms with Crippen molar-refractivity contribution in [2.45, 2.75) is 19.9 Å². The van der Waals surface area contributed by atoms with Crippen molar-refractivity contribution < 1.29 is 0 Å². The Morgan fingerprint density at radius 1 is 1.18 bits per heavy atom. The molecular formula is C17H17N5. The van der Waals surface area contributed by atoms with Crippen LogP contribution in [0.5, 0.6) is 0 Å². The minimum atomic E-state index is 0.301. The first kappa shape index (κ1) is 12.9. The summed E-state index contributed by atoms with van der Waals surface area (Å²) in [6.45, 7) is 4.26. The number of H-pyrrole nitrogens is 1. The number of nitrogens with one attached hydrogen (secondary N) is 1. The number of para-hydroxylation sites is 1. The summed E-state index contributed by atoms with van der Waals surface area (Å²) in [6.07, 6.45) is 3.62. The maximum Gasteiger partial charge on any atom is 0.146 e. The Balaban J connectivity index is 2.05. The molecule has 22 heavy (non-hydrogen) atoms. The predicted molar refractivity (Wildman–Crippen MR) is 89.6 cm³/mol. The number of fused-ring (bicyclic) bond motifs is 2. The van der Waals surface area contributed by atoms with Gasteiger partial charge in [0.25, 0.3) is 0 Å². The Morgan fingerprint density at radius 2 is 2.00 bits per heavy atom. The summed E-state index contributed by atoms with van der Waals surface area (Å²) in [5, 5.41) is 2.08. The van der Waals surface area contributed by atoms with Crippen LogP contribution in [-0.2, 0) is 0 Å². The number of nitrogens with zero attached hydrogens (tertiary/aromatic N) is 3. The first-order chi connectivity index (χ1) is 10.6. The van der Waals surface area contributed by atoms with Crippen molar-refractivity contribution in [2.24, 2.45) is 0 Å². The van der Waals surface area contributed by atoms with Crippen LogP contribution >= 0.6 is 0 Å². The van der Waals surface area contributed by atoms with Crippen LogP contribution < -0.4 is 5.73 Å². The number of nitrogens with two attached hydrogens (primary N) is 1. The molecule has 0 saturated heterocycles. The van der Waals surface area contributed by atoms with Crippen molar-refractivity contribution in [3.8, 4) is 11.3 Å². The van der Waals surface area contributed by atoms with Crippen molar-refractivity contribution >= 4 is 27.8 Å². The zero-order valence-electron chi connectivity index (χ0n) is 12.5. The second kappa shape index (κ2) is 4.59. The molecule has 0 radical (unpaired) electrons. The first-order valence-electron chi connectivity index (χ1n) is 7.34. The van der Waals surface area contributed by atoms with Gasteiger partial charge in [0.05, 0.1) is 5.39 Å². The summed E-state index contributed by atoms with van der Waals surface area (Å²) < 4.78 is 2.13. The van der Waals surface area contributed by atoms with Crippen molar-refractivity contribution in [2.75, 3.05) is 5.73 Å². The van der Waals surface area contributed by atoms with E-state index in [-0.39, 0.29) is 0 Å². The van der Waals surface area contributed by atoms with Gasteiger partial charge in [-0.2, -0.15) is 0 Å². The lowest BCUT2D eigenvalue weighted by molar-refractivity contribution is 0.618. The van der Waals surface area contributed by atoms with Gasteiger partial charge >= 0.3 is 0 Å². The fraction of sp³-hybridized carbons (Fsp3) is 0.176. The minimum Gasteiger partial charge on any atom is -0.383 e. The summed E-state index contributed by atoms with van der Waals surface area (Å²) in [7, 11) is 0. The highest BCUT2D eigenvalue weighted by atomic mass is 15.1. The first-order valence-corrected chi connectivity index (χ1v) is 7.34. The maximum atomic E-state index is 6.12. The molecule has 3 heterocycles. The van der Waals surface area contributed by atoms with Crippen LogP contribution in [-0.4, -0.2) is 19.5 Å². The molecule has 0 atom stereocenters. The highest BCUT2D eigenvalue weighted by molar-refractivity contribution is 6.02. The Morgan fingerprint density at radius 3 is 2.77 bits per heavy atom. The lowest BCUT2D eigenvalue weighted by Gasteiger charge is -2.07. The van der Waals surface area contributed by atoms with E-state index in [2.05, 4.69) is 57.8 Å². The number of aromatic nitrogens is 4. The van der Waals surface area contributed by atoms with Crippen LogP contribution in [0, 0.1) is 0 Å². The Hall–Kier alpha value is -2.82. The largest absolute Gasteiger partial charge is 0.383 e. The Bertz CT molecular complexity index is 944. The highest BCUT2D eigenvalue weighted by Gasteiger charge is 2.17. The molecule has 0 unspecified atom stereocenters. The second-order valence-electron chi connectivity index (χ2n) is 5.77. The van der Waals surface area contributed by atoms with Gasteiger partial charge in [0, 0.05) is 34.4 Å².